The number of hydrogen-bond acceptors (Lipinski definition) is 6. The fourth-order valence-electron chi connectivity index (χ4n) is 3.24. The molecular formula is C19H24ClN5O4. The summed E-state index contributed by atoms with van der Waals surface area (Å²) in [6.07, 6.45) is 0.655. The maximum atomic E-state index is 13.1. The molecule has 0 atom stereocenters. The quantitative estimate of drug-likeness (QED) is 0.723. The van der Waals surface area contributed by atoms with E-state index in [1.807, 2.05) is 6.92 Å². The molecule has 9 nitrogen and oxygen atoms in total. The molecule has 1 aromatic carbocycles. The summed E-state index contributed by atoms with van der Waals surface area (Å²) in [6, 6.07) is 6.55. The number of benzene rings is 1. The van der Waals surface area contributed by atoms with E-state index in [0.29, 0.717) is 50.0 Å². The molecule has 1 aromatic heterocycles. The van der Waals surface area contributed by atoms with Crippen LogP contribution in [0.25, 0.3) is 0 Å². The number of aromatic nitrogens is 2. The summed E-state index contributed by atoms with van der Waals surface area (Å²) in [5, 5.41) is 3.20. The predicted octanol–water partition coefficient (Wildman–Crippen LogP) is 1.13. The molecule has 0 saturated carbocycles. The number of amides is 1. The number of morpholine rings is 1. The number of halogens is 1. The van der Waals surface area contributed by atoms with Gasteiger partial charge in [0.15, 0.2) is 0 Å². The summed E-state index contributed by atoms with van der Waals surface area (Å²) < 4.78 is 7.62. The lowest BCUT2D eigenvalue weighted by molar-refractivity contribution is -0.116. The average Bonchev–Trinajstić information content (AvgIpc) is 2.71. The van der Waals surface area contributed by atoms with Gasteiger partial charge in [-0.15, -0.1) is 0 Å². The van der Waals surface area contributed by atoms with Crippen molar-refractivity contribution in [2.75, 3.05) is 42.3 Å². The molecule has 1 fully saturated rings. The van der Waals surface area contributed by atoms with E-state index in [1.54, 1.807) is 29.2 Å². The first-order chi connectivity index (χ1) is 13.9. The van der Waals surface area contributed by atoms with E-state index in [-0.39, 0.29) is 11.5 Å². The van der Waals surface area contributed by atoms with Crippen LogP contribution in [0.5, 0.6) is 0 Å². The van der Waals surface area contributed by atoms with E-state index in [2.05, 4.69) is 5.32 Å². The summed E-state index contributed by atoms with van der Waals surface area (Å²) in [5.74, 6) is -0.370. The van der Waals surface area contributed by atoms with Gasteiger partial charge in [-0.3, -0.25) is 14.2 Å². The normalized spacial score (nSPS) is 14.1. The Kier molecular flexibility index (Phi) is 6.60. The molecule has 2 heterocycles. The van der Waals surface area contributed by atoms with Gasteiger partial charge in [-0.2, -0.15) is 0 Å². The Hall–Kier alpha value is -2.78. The number of rotatable bonds is 6. The standard InChI is InChI=1S/C19H24ClN5O4/c1-2-7-24-17(21)16(23-8-10-29-11-9-23)18(27)25(19(24)28)12-15(26)22-14-5-3-13(20)4-6-14/h3-6H,2,7-12,21H2,1H3,(H,22,26). The van der Waals surface area contributed by atoms with Gasteiger partial charge in [0.25, 0.3) is 5.56 Å². The summed E-state index contributed by atoms with van der Waals surface area (Å²) in [6.45, 7) is 3.73. The molecule has 0 aliphatic carbocycles. The molecule has 0 spiro atoms. The van der Waals surface area contributed by atoms with E-state index in [1.165, 1.54) is 4.57 Å². The first kappa shape index (κ1) is 20.9. The molecular weight excluding hydrogens is 398 g/mol. The Balaban J connectivity index is 1.97. The van der Waals surface area contributed by atoms with Crippen LogP contribution in [0.15, 0.2) is 33.9 Å². The maximum absolute atomic E-state index is 13.1. The number of nitrogens with two attached hydrogens (primary N) is 1. The Bertz CT molecular complexity index is 993. The molecule has 10 heteroatoms. The van der Waals surface area contributed by atoms with Gasteiger partial charge in [0.2, 0.25) is 5.91 Å². The zero-order valence-corrected chi connectivity index (χ0v) is 16.9. The fourth-order valence-corrected chi connectivity index (χ4v) is 3.37. The van der Waals surface area contributed by atoms with E-state index in [4.69, 9.17) is 22.1 Å². The molecule has 0 unspecified atom stereocenters. The van der Waals surface area contributed by atoms with Gasteiger partial charge in [0, 0.05) is 30.3 Å². The van der Waals surface area contributed by atoms with Crippen molar-refractivity contribution < 1.29 is 9.53 Å². The maximum Gasteiger partial charge on any atom is 0.333 e. The highest BCUT2D eigenvalue weighted by Crippen LogP contribution is 2.19. The van der Waals surface area contributed by atoms with Crippen molar-refractivity contribution in [2.45, 2.75) is 26.4 Å². The van der Waals surface area contributed by atoms with Crippen LogP contribution in [-0.4, -0.2) is 41.3 Å². The Morgan fingerprint density at radius 2 is 1.83 bits per heavy atom. The number of nitrogen functional groups attached to an aromatic ring is 1. The second-order valence-corrected chi connectivity index (χ2v) is 7.15. The lowest BCUT2D eigenvalue weighted by Crippen LogP contribution is -2.48. The van der Waals surface area contributed by atoms with Crippen molar-refractivity contribution >= 4 is 34.7 Å². The molecule has 156 valence electrons. The minimum Gasteiger partial charge on any atom is -0.383 e. The monoisotopic (exact) mass is 421 g/mol. The van der Waals surface area contributed by atoms with Gasteiger partial charge in [-0.05, 0) is 30.7 Å². The average molecular weight is 422 g/mol. The van der Waals surface area contributed by atoms with Gasteiger partial charge >= 0.3 is 5.69 Å². The second-order valence-electron chi connectivity index (χ2n) is 6.71. The number of nitrogens with one attached hydrogen (secondary N) is 1. The number of nitrogens with zero attached hydrogens (tertiary/aromatic N) is 3. The number of carbonyl (C=O) groups excluding carboxylic acids is 1. The van der Waals surface area contributed by atoms with Crippen molar-refractivity contribution in [3.05, 3.63) is 50.1 Å². The SMILES string of the molecule is CCCn1c(N)c(N2CCOCC2)c(=O)n(CC(=O)Nc2ccc(Cl)cc2)c1=O. The van der Waals surface area contributed by atoms with Gasteiger partial charge in [-0.1, -0.05) is 18.5 Å². The number of carbonyl (C=O) groups is 1. The van der Waals surface area contributed by atoms with Crippen molar-refractivity contribution in [3.63, 3.8) is 0 Å². The molecule has 3 N–H and O–H groups in total. The molecule has 1 saturated heterocycles. The molecule has 1 amide bonds. The molecule has 0 bridgehead atoms. The number of hydrogen-bond donors (Lipinski definition) is 2. The van der Waals surface area contributed by atoms with Crippen LogP contribution in [-0.2, 0) is 22.6 Å². The summed E-state index contributed by atoms with van der Waals surface area (Å²) in [7, 11) is 0. The first-order valence-corrected chi connectivity index (χ1v) is 9.81. The van der Waals surface area contributed by atoms with Crippen molar-refractivity contribution in [1.82, 2.24) is 9.13 Å². The van der Waals surface area contributed by atoms with Gasteiger partial charge in [0.1, 0.15) is 18.1 Å². The van der Waals surface area contributed by atoms with Crippen LogP contribution >= 0.6 is 11.6 Å². The largest absolute Gasteiger partial charge is 0.383 e. The van der Waals surface area contributed by atoms with E-state index >= 15 is 0 Å². The molecule has 0 radical (unpaired) electrons. The summed E-state index contributed by atoms with van der Waals surface area (Å²) >= 11 is 5.85. The van der Waals surface area contributed by atoms with Crippen LogP contribution in [0.4, 0.5) is 17.2 Å². The van der Waals surface area contributed by atoms with Crippen LogP contribution in [0.3, 0.4) is 0 Å². The third kappa shape index (κ3) is 4.63. The highest BCUT2D eigenvalue weighted by Gasteiger charge is 2.24. The Morgan fingerprint density at radius 3 is 2.45 bits per heavy atom. The van der Waals surface area contributed by atoms with Gasteiger partial charge in [0.05, 0.1) is 13.2 Å². The molecule has 2 aromatic rings. The van der Waals surface area contributed by atoms with Crippen LogP contribution in [0, 0.1) is 0 Å². The van der Waals surface area contributed by atoms with Crippen molar-refractivity contribution in [2.24, 2.45) is 0 Å². The summed E-state index contributed by atoms with van der Waals surface area (Å²) in [4.78, 5) is 40.3. The fraction of sp³-hybridized carbons (Fsp3) is 0.421. The smallest absolute Gasteiger partial charge is 0.333 e. The molecule has 29 heavy (non-hydrogen) atoms. The van der Waals surface area contributed by atoms with Crippen LogP contribution < -0.4 is 27.2 Å². The van der Waals surface area contributed by atoms with Crippen molar-refractivity contribution in [3.8, 4) is 0 Å². The lowest BCUT2D eigenvalue weighted by atomic mass is 10.3. The van der Waals surface area contributed by atoms with Crippen molar-refractivity contribution in [1.29, 1.82) is 0 Å². The molecule has 1 aliphatic rings. The Labute approximate surface area is 172 Å². The van der Waals surface area contributed by atoms with Crippen LogP contribution in [0.2, 0.25) is 5.02 Å². The minimum absolute atomic E-state index is 0.123. The summed E-state index contributed by atoms with van der Waals surface area (Å²) in [5.41, 5.74) is 5.77. The zero-order valence-electron chi connectivity index (χ0n) is 16.2. The third-order valence-electron chi connectivity index (χ3n) is 4.65. The lowest BCUT2D eigenvalue weighted by Gasteiger charge is -2.30. The molecule has 1 aliphatic heterocycles. The minimum atomic E-state index is -0.599. The number of anilines is 3. The highest BCUT2D eigenvalue weighted by atomic mass is 35.5. The molecule has 3 rings (SSSR count). The number of ether oxygens (including phenoxy) is 1. The predicted molar refractivity (Wildman–Crippen MR) is 113 cm³/mol. The van der Waals surface area contributed by atoms with Gasteiger partial charge in [-0.25, -0.2) is 9.36 Å². The van der Waals surface area contributed by atoms with E-state index < -0.39 is 23.7 Å². The zero-order chi connectivity index (χ0) is 21.0. The highest BCUT2D eigenvalue weighted by molar-refractivity contribution is 6.30. The second kappa shape index (κ2) is 9.15. The van der Waals surface area contributed by atoms with E-state index in [9.17, 15) is 14.4 Å². The topological polar surface area (TPSA) is 112 Å². The van der Waals surface area contributed by atoms with E-state index in [0.717, 1.165) is 4.57 Å². The van der Waals surface area contributed by atoms with Gasteiger partial charge < -0.3 is 20.7 Å². The Morgan fingerprint density at radius 1 is 1.17 bits per heavy atom. The third-order valence-corrected chi connectivity index (χ3v) is 4.90. The van der Waals surface area contributed by atoms with Crippen LogP contribution in [0.1, 0.15) is 13.3 Å². The first-order valence-electron chi connectivity index (χ1n) is 9.43.